The highest BCUT2D eigenvalue weighted by molar-refractivity contribution is 6.36. The summed E-state index contributed by atoms with van der Waals surface area (Å²) in [6, 6.07) is 21.4. The molecule has 0 atom stereocenters. The second kappa shape index (κ2) is 6.87. The lowest BCUT2D eigenvalue weighted by molar-refractivity contribution is 0.0925. The Hall–Kier alpha value is -4.25. The van der Waals surface area contributed by atoms with E-state index in [0.29, 0.717) is 22.5 Å². The van der Waals surface area contributed by atoms with E-state index in [1.807, 2.05) is 79.9 Å². The van der Waals surface area contributed by atoms with E-state index < -0.39 is 0 Å². The van der Waals surface area contributed by atoms with Gasteiger partial charge in [-0.3, -0.25) is 14.2 Å². The molecule has 0 spiro atoms. The van der Waals surface area contributed by atoms with Crippen LogP contribution in [-0.4, -0.2) is 21.4 Å². The van der Waals surface area contributed by atoms with Crippen molar-refractivity contribution in [2.24, 2.45) is 0 Å². The summed E-state index contributed by atoms with van der Waals surface area (Å²) < 4.78 is 1.99. The van der Waals surface area contributed by atoms with Crippen molar-refractivity contribution < 1.29 is 9.59 Å². The Morgan fingerprint density at radius 2 is 1.48 bits per heavy atom. The van der Waals surface area contributed by atoms with E-state index in [1.165, 1.54) is 4.90 Å². The van der Waals surface area contributed by atoms with E-state index in [-0.39, 0.29) is 11.8 Å². The fourth-order valence-electron chi connectivity index (χ4n) is 5.22. The molecule has 5 aromatic rings. The van der Waals surface area contributed by atoms with E-state index in [2.05, 4.69) is 11.1 Å². The number of fused-ring (bicyclic) bond motifs is 4. The Kier molecular flexibility index (Phi) is 4.05. The molecule has 0 N–H and O–H groups in total. The number of imide groups is 1. The highest BCUT2D eigenvalue weighted by Gasteiger charge is 2.40. The van der Waals surface area contributed by atoms with Crippen LogP contribution >= 0.6 is 0 Å². The molecule has 1 aliphatic rings. The maximum Gasteiger partial charge on any atom is 0.268 e. The monoisotopic (exact) mass is 431 g/mol. The SMILES string of the molecule is Cc1cc(C)c(N2C(=O)c3cccc(-n4c5ccccc5c5cccnc54)c3C2=O)c(C)c1. The first-order valence-corrected chi connectivity index (χ1v) is 10.9. The predicted molar refractivity (Wildman–Crippen MR) is 130 cm³/mol. The highest BCUT2D eigenvalue weighted by atomic mass is 16.2. The van der Waals surface area contributed by atoms with Gasteiger partial charge in [-0.2, -0.15) is 0 Å². The van der Waals surface area contributed by atoms with Gasteiger partial charge >= 0.3 is 0 Å². The molecule has 0 unspecified atom stereocenters. The van der Waals surface area contributed by atoms with Crippen LogP contribution in [0.1, 0.15) is 37.4 Å². The number of hydrogen-bond donors (Lipinski definition) is 0. The quantitative estimate of drug-likeness (QED) is 0.327. The van der Waals surface area contributed by atoms with Crippen LogP contribution in [-0.2, 0) is 0 Å². The first-order chi connectivity index (χ1) is 16.0. The summed E-state index contributed by atoms with van der Waals surface area (Å²) >= 11 is 0. The van der Waals surface area contributed by atoms with Crippen molar-refractivity contribution in [1.82, 2.24) is 9.55 Å². The fraction of sp³-hybridized carbons (Fsp3) is 0.107. The molecule has 3 aromatic carbocycles. The van der Waals surface area contributed by atoms with Gasteiger partial charge in [-0.25, -0.2) is 9.88 Å². The molecule has 2 amide bonds. The van der Waals surface area contributed by atoms with Crippen molar-refractivity contribution in [3.05, 3.63) is 101 Å². The van der Waals surface area contributed by atoms with Crippen molar-refractivity contribution in [2.75, 3.05) is 4.90 Å². The smallest absolute Gasteiger partial charge is 0.268 e. The average molecular weight is 431 g/mol. The van der Waals surface area contributed by atoms with Gasteiger partial charge in [0.05, 0.1) is 28.0 Å². The molecule has 3 heterocycles. The molecule has 33 heavy (non-hydrogen) atoms. The predicted octanol–water partition coefficient (Wildman–Crippen LogP) is 5.90. The standard InChI is InChI=1S/C28H21N3O2/c1-16-14-17(2)25(18(3)15-16)31-27(32)21-9-6-12-23(24(21)28(31)33)30-22-11-5-4-8-19(22)20-10-7-13-29-26(20)30/h4-15H,1-3H3. The van der Waals surface area contributed by atoms with E-state index >= 15 is 0 Å². The molecule has 0 fully saturated rings. The number of carbonyl (C=O) groups is 2. The van der Waals surface area contributed by atoms with Crippen molar-refractivity contribution in [3.63, 3.8) is 0 Å². The summed E-state index contributed by atoms with van der Waals surface area (Å²) in [5.74, 6) is -0.594. The Morgan fingerprint density at radius 3 is 2.27 bits per heavy atom. The molecule has 0 bridgehead atoms. The Bertz CT molecular complexity index is 1570. The van der Waals surface area contributed by atoms with Crippen LogP contribution in [0.2, 0.25) is 0 Å². The number of para-hydroxylation sites is 1. The van der Waals surface area contributed by atoms with Gasteiger partial charge in [-0.15, -0.1) is 0 Å². The van der Waals surface area contributed by atoms with E-state index in [4.69, 9.17) is 0 Å². The molecule has 1 aliphatic heterocycles. The summed E-state index contributed by atoms with van der Waals surface area (Å²) in [6.07, 6.45) is 1.75. The number of rotatable bonds is 2. The number of hydrogen-bond acceptors (Lipinski definition) is 3. The number of pyridine rings is 1. The number of nitrogens with zero attached hydrogens (tertiary/aromatic N) is 3. The molecule has 160 valence electrons. The molecule has 0 saturated heterocycles. The van der Waals surface area contributed by atoms with Crippen LogP contribution in [0.4, 0.5) is 5.69 Å². The molecular weight excluding hydrogens is 410 g/mol. The van der Waals surface area contributed by atoms with Gasteiger partial charge < -0.3 is 0 Å². The Labute approximate surface area is 190 Å². The van der Waals surface area contributed by atoms with Crippen LogP contribution in [0.25, 0.3) is 27.6 Å². The van der Waals surface area contributed by atoms with Gasteiger partial charge in [0, 0.05) is 17.0 Å². The maximum absolute atomic E-state index is 13.9. The fourth-order valence-corrected chi connectivity index (χ4v) is 5.22. The van der Waals surface area contributed by atoms with Crippen molar-refractivity contribution >= 4 is 39.4 Å². The third-order valence-electron chi connectivity index (χ3n) is 6.43. The van der Waals surface area contributed by atoms with E-state index in [0.717, 1.165) is 38.6 Å². The van der Waals surface area contributed by atoms with Gasteiger partial charge in [0.25, 0.3) is 11.8 Å². The zero-order valence-electron chi connectivity index (χ0n) is 18.6. The van der Waals surface area contributed by atoms with Crippen molar-refractivity contribution in [1.29, 1.82) is 0 Å². The Balaban J connectivity index is 1.64. The molecule has 2 aromatic heterocycles. The third-order valence-corrected chi connectivity index (χ3v) is 6.43. The second-order valence-corrected chi connectivity index (χ2v) is 8.62. The maximum atomic E-state index is 13.9. The minimum Gasteiger partial charge on any atom is -0.293 e. The first kappa shape index (κ1) is 19.4. The van der Waals surface area contributed by atoms with Gasteiger partial charge in [-0.05, 0) is 62.2 Å². The minimum absolute atomic E-state index is 0.291. The highest BCUT2D eigenvalue weighted by Crippen LogP contribution is 2.38. The average Bonchev–Trinajstić information content (AvgIpc) is 3.26. The number of aryl methyl sites for hydroxylation is 3. The molecule has 5 nitrogen and oxygen atoms in total. The number of aromatic nitrogens is 2. The van der Waals surface area contributed by atoms with Gasteiger partial charge in [0.1, 0.15) is 5.65 Å². The summed E-state index contributed by atoms with van der Waals surface area (Å²) in [6.45, 7) is 5.90. The summed E-state index contributed by atoms with van der Waals surface area (Å²) in [7, 11) is 0. The van der Waals surface area contributed by atoms with E-state index in [1.54, 1.807) is 12.3 Å². The topological polar surface area (TPSA) is 55.2 Å². The summed E-state index contributed by atoms with van der Waals surface area (Å²) in [5.41, 5.74) is 6.77. The van der Waals surface area contributed by atoms with E-state index in [9.17, 15) is 9.59 Å². The van der Waals surface area contributed by atoms with Gasteiger partial charge in [0.15, 0.2) is 0 Å². The number of benzene rings is 3. The number of anilines is 1. The summed E-state index contributed by atoms with van der Waals surface area (Å²) in [5, 5.41) is 2.06. The van der Waals surface area contributed by atoms with Crippen LogP contribution in [0.3, 0.4) is 0 Å². The largest absolute Gasteiger partial charge is 0.293 e. The lowest BCUT2D eigenvalue weighted by Crippen LogP contribution is -2.31. The third kappa shape index (κ3) is 2.62. The number of amides is 2. The molecule has 0 radical (unpaired) electrons. The first-order valence-electron chi connectivity index (χ1n) is 10.9. The molecule has 5 heteroatoms. The van der Waals surface area contributed by atoms with Gasteiger partial charge in [-0.1, -0.05) is 42.0 Å². The molecule has 0 saturated carbocycles. The number of carbonyl (C=O) groups excluding carboxylic acids is 2. The zero-order chi connectivity index (χ0) is 22.9. The van der Waals surface area contributed by atoms with Crippen molar-refractivity contribution in [2.45, 2.75) is 20.8 Å². The molecule has 0 aliphatic carbocycles. The van der Waals surface area contributed by atoms with Gasteiger partial charge in [0.2, 0.25) is 0 Å². The lowest BCUT2D eigenvalue weighted by atomic mass is 10.0. The molecule has 6 rings (SSSR count). The summed E-state index contributed by atoms with van der Waals surface area (Å²) in [4.78, 5) is 33.3. The minimum atomic E-state index is -0.303. The van der Waals surface area contributed by atoms with Crippen LogP contribution in [0.15, 0.2) is 72.9 Å². The molecular formula is C28H21N3O2. The van der Waals surface area contributed by atoms with Crippen LogP contribution < -0.4 is 4.90 Å². The van der Waals surface area contributed by atoms with Crippen molar-refractivity contribution in [3.8, 4) is 5.69 Å². The van der Waals surface area contributed by atoms with Crippen LogP contribution in [0, 0.1) is 20.8 Å². The Morgan fingerprint density at radius 1 is 0.758 bits per heavy atom. The lowest BCUT2D eigenvalue weighted by Gasteiger charge is -2.20. The zero-order valence-corrected chi connectivity index (χ0v) is 18.6. The van der Waals surface area contributed by atoms with Crippen LogP contribution in [0.5, 0.6) is 0 Å². The second-order valence-electron chi connectivity index (χ2n) is 8.62. The normalized spacial score (nSPS) is 13.4.